The Kier molecular flexibility index (Phi) is 2.74. The van der Waals surface area contributed by atoms with Crippen molar-refractivity contribution in [2.75, 3.05) is 0 Å². The van der Waals surface area contributed by atoms with E-state index < -0.39 is 0 Å². The van der Waals surface area contributed by atoms with Crippen LogP contribution < -0.4 is 5.56 Å². The van der Waals surface area contributed by atoms with Gasteiger partial charge < -0.3 is 4.98 Å². The molecule has 1 saturated carbocycles. The van der Waals surface area contributed by atoms with Crippen LogP contribution in [-0.2, 0) is 0 Å². The first kappa shape index (κ1) is 13.3. The van der Waals surface area contributed by atoms with Crippen molar-refractivity contribution in [2.24, 2.45) is 0 Å². The minimum atomic E-state index is -0.143. The number of aromatic nitrogens is 4. The van der Waals surface area contributed by atoms with E-state index in [1.54, 1.807) is 22.8 Å². The van der Waals surface area contributed by atoms with Crippen molar-refractivity contribution in [2.45, 2.75) is 25.2 Å². The Morgan fingerprint density at radius 2 is 2.17 bits per heavy atom. The third kappa shape index (κ3) is 1.93. The number of fused-ring (bicyclic) bond motifs is 3. The predicted octanol–water partition coefficient (Wildman–Crippen LogP) is 3.11. The highest BCUT2D eigenvalue weighted by Gasteiger charge is 2.23. The molecule has 0 amide bonds. The lowest BCUT2D eigenvalue weighted by molar-refractivity contribution is 0.410. The lowest BCUT2D eigenvalue weighted by Gasteiger charge is -2.22. The van der Waals surface area contributed by atoms with E-state index in [0.29, 0.717) is 17.1 Å². The molecule has 0 spiro atoms. The smallest absolute Gasteiger partial charge is 0.257 e. The molecular formula is C19H14N4O. The first-order chi connectivity index (χ1) is 11.8. The number of aromatic amines is 1. The molecule has 0 unspecified atom stereocenters. The van der Waals surface area contributed by atoms with Crippen LogP contribution in [0.25, 0.3) is 27.8 Å². The van der Waals surface area contributed by atoms with Gasteiger partial charge in [-0.3, -0.25) is 4.79 Å². The van der Waals surface area contributed by atoms with Crippen molar-refractivity contribution in [3.05, 3.63) is 64.7 Å². The summed E-state index contributed by atoms with van der Waals surface area (Å²) in [5, 5.41) is 5.53. The summed E-state index contributed by atoms with van der Waals surface area (Å²) < 4.78 is 1.75. The van der Waals surface area contributed by atoms with Crippen molar-refractivity contribution in [3.8, 4) is 11.1 Å². The molecule has 1 aliphatic carbocycles. The monoisotopic (exact) mass is 314 g/mol. The molecule has 5 rings (SSSR count). The normalized spacial score (nSPS) is 14.7. The molecule has 0 aliphatic heterocycles. The molecule has 5 nitrogen and oxygen atoms in total. The van der Waals surface area contributed by atoms with Gasteiger partial charge in [0.2, 0.25) is 0 Å². The van der Waals surface area contributed by atoms with E-state index >= 15 is 0 Å². The van der Waals surface area contributed by atoms with Gasteiger partial charge in [0.1, 0.15) is 5.65 Å². The van der Waals surface area contributed by atoms with Crippen LogP contribution in [-0.4, -0.2) is 19.6 Å². The van der Waals surface area contributed by atoms with Crippen LogP contribution in [0, 0.1) is 12.1 Å². The highest BCUT2D eigenvalue weighted by Crippen LogP contribution is 2.35. The van der Waals surface area contributed by atoms with Gasteiger partial charge in [-0.25, -0.2) is 4.98 Å². The Balaban J connectivity index is 1.74. The number of nitrogens with one attached hydrogen (secondary N) is 1. The third-order valence-corrected chi connectivity index (χ3v) is 4.80. The summed E-state index contributed by atoms with van der Waals surface area (Å²) >= 11 is 0. The number of nitrogens with zero attached hydrogens (tertiary/aromatic N) is 3. The molecule has 1 aliphatic rings. The van der Waals surface area contributed by atoms with E-state index in [9.17, 15) is 4.79 Å². The topological polar surface area (TPSA) is 63.0 Å². The molecule has 0 bridgehead atoms. The molecule has 0 radical (unpaired) electrons. The SMILES string of the molecule is O=c1[nH]c2c(cnc3cc(C4CCC4)nn32)cc1-c1cc#ccc1. The standard InChI is InChI=1S/C19H14N4O/c24-19-15(12-5-2-1-3-6-12)9-14-11-20-17-10-16(13-7-4-8-13)22-23(17)18(14)21-19/h2,5-6,9-11,13H,4,7-8H2,(H,21,24). The summed E-state index contributed by atoms with van der Waals surface area (Å²) in [5.41, 5.74) is 3.80. The molecule has 116 valence electrons. The van der Waals surface area contributed by atoms with Gasteiger partial charge in [0.15, 0.2) is 5.65 Å². The number of H-pyrrole nitrogens is 1. The summed E-state index contributed by atoms with van der Waals surface area (Å²) in [6.07, 6.45) is 5.42. The van der Waals surface area contributed by atoms with Gasteiger partial charge in [0.25, 0.3) is 5.56 Å². The molecule has 0 atom stereocenters. The molecule has 1 fully saturated rings. The van der Waals surface area contributed by atoms with Crippen LogP contribution in [0.2, 0.25) is 0 Å². The first-order valence-electron chi connectivity index (χ1n) is 8.09. The van der Waals surface area contributed by atoms with Crippen LogP contribution in [0.1, 0.15) is 30.9 Å². The maximum absolute atomic E-state index is 12.5. The summed E-state index contributed by atoms with van der Waals surface area (Å²) in [6, 6.07) is 15.0. The van der Waals surface area contributed by atoms with Crippen molar-refractivity contribution in [1.82, 2.24) is 19.6 Å². The lowest BCUT2D eigenvalue weighted by Crippen LogP contribution is -2.12. The maximum atomic E-state index is 12.5. The van der Waals surface area contributed by atoms with Crippen LogP contribution >= 0.6 is 0 Å². The minimum absolute atomic E-state index is 0.143. The quantitative estimate of drug-likeness (QED) is 0.618. The van der Waals surface area contributed by atoms with Crippen LogP contribution in [0.3, 0.4) is 0 Å². The van der Waals surface area contributed by atoms with E-state index in [-0.39, 0.29) is 5.56 Å². The van der Waals surface area contributed by atoms with Crippen molar-refractivity contribution >= 4 is 16.7 Å². The molecule has 1 N–H and O–H groups in total. The predicted molar refractivity (Wildman–Crippen MR) is 90.8 cm³/mol. The highest BCUT2D eigenvalue weighted by molar-refractivity contribution is 5.81. The average molecular weight is 314 g/mol. The first-order valence-corrected chi connectivity index (χ1v) is 8.09. The zero-order chi connectivity index (χ0) is 16.1. The Morgan fingerprint density at radius 3 is 2.92 bits per heavy atom. The van der Waals surface area contributed by atoms with E-state index in [0.717, 1.165) is 22.3 Å². The largest absolute Gasteiger partial charge is 0.306 e. The van der Waals surface area contributed by atoms with E-state index in [1.807, 2.05) is 18.2 Å². The Bertz CT molecular complexity index is 1110. The maximum Gasteiger partial charge on any atom is 0.257 e. The highest BCUT2D eigenvalue weighted by atomic mass is 16.1. The lowest BCUT2D eigenvalue weighted by atomic mass is 9.83. The van der Waals surface area contributed by atoms with Crippen molar-refractivity contribution < 1.29 is 0 Å². The minimum Gasteiger partial charge on any atom is -0.306 e. The van der Waals surface area contributed by atoms with Gasteiger partial charge in [-0.15, -0.1) is 0 Å². The fourth-order valence-corrected chi connectivity index (χ4v) is 3.22. The molecule has 3 aromatic heterocycles. The van der Waals surface area contributed by atoms with Gasteiger partial charge in [0, 0.05) is 29.1 Å². The van der Waals surface area contributed by atoms with Gasteiger partial charge in [-0.2, -0.15) is 9.61 Å². The van der Waals surface area contributed by atoms with Crippen molar-refractivity contribution in [1.29, 1.82) is 0 Å². The van der Waals surface area contributed by atoms with E-state index in [2.05, 4.69) is 27.2 Å². The Labute approximate surface area is 138 Å². The van der Waals surface area contributed by atoms with Gasteiger partial charge >= 0.3 is 0 Å². The van der Waals surface area contributed by atoms with Crippen LogP contribution in [0.4, 0.5) is 0 Å². The summed E-state index contributed by atoms with van der Waals surface area (Å²) in [7, 11) is 0. The van der Waals surface area contributed by atoms with Gasteiger partial charge in [-0.1, -0.05) is 18.6 Å². The number of rotatable bonds is 2. The van der Waals surface area contributed by atoms with Crippen molar-refractivity contribution in [3.63, 3.8) is 0 Å². The second-order valence-electron chi connectivity index (χ2n) is 6.26. The van der Waals surface area contributed by atoms with E-state index in [4.69, 9.17) is 0 Å². The fourth-order valence-electron chi connectivity index (χ4n) is 3.22. The molecule has 3 heterocycles. The molecule has 1 aromatic carbocycles. The molecule has 24 heavy (non-hydrogen) atoms. The fraction of sp³-hybridized carbons (Fsp3) is 0.211. The Hall–Kier alpha value is -3.13. The number of hydrogen-bond acceptors (Lipinski definition) is 3. The van der Waals surface area contributed by atoms with Crippen LogP contribution in [0.15, 0.2) is 41.3 Å². The average Bonchev–Trinajstić information content (AvgIpc) is 2.97. The number of hydrogen-bond donors (Lipinski definition) is 1. The number of pyridine rings is 1. The molecule has 0 saturated heterocycles. The van der Waals surface area contributed by atoms with E-state index in [1.165, 1.54) is 19.3 Å². The summed E-state index contributed by atoms with van der Waals surface area (Å²) in [4.78, 5) is 20.0. The van der Waals surface area contributed by atoms with Gasteiger partial charge in [-0.05, 0) is 42.7 Å². The molecular weight excluding hydrogens is 300 g/mol. The second kappa shape index (κ2) is 4.93. The third-order valence-electron chi connectivity index (χ3n) is 4.80. The summed E-state index contributed by atoms with van der Waals surface area (Å²) in [6.45, 7) is 0. The van der Waals surface area contributed by atoms with Gasteiger partial charge in [0.05, 0.1) is 5.69 Å². The molecule has 4 aromatic rings. The zero-order valence-electron chi connectivity index (χ0n) is 12.9. The summed E-state index contributed by atoms with van der Waals surface area (Å²) in [5.74, 6) is 0.531. The molecule has 5 heteroatoms. The van der Waals surface area contributed by atoms with Crippen LogP contribution in [0.5, 0.6) is 0 Å². The second-order valence-corrected chi connectivity index (χ2v) is 6.26. The Morgan fingerprint density at radius 1 is 1.25 bits per heavy atom. The zero-order valence-corrected chi connectivity index (χ0v) is 12.9.